The third kappa shape index (κ3) is 4.52. The number of halogens is 2. The normalized spacial score (nSPS) is 25.0. The molecule has 0 radical (unpaired) electrons. The van der Waals surface area contributed by atoms with E-state index in [0.29, 0.717) is 11.9 Å². The molecule has 6 heteroatoms. The van der Waals surface area contributed by atoms with Crippen molar-refractivity contribution in [1.82, 2.24) is 10.2 Å². The number of carbonyl (C=O) groups is 1. The van der Waals surface area contributed by atoms with E-state index in [1.807, 2.05) is 23.1 Å². The molecular formula is C17H25Cl2N3O. The van der Waals surface area contributed by atoms with E-state index in [2.05, 4.69) is 23.2 Å². The van der Waals surface area contributed by atoms with E-state index in [0.717, 1.165) is 56.3 Å². The highest BCUT2D eigenvalue weighted by molar-refractivity contribution is 6.30. The lowest BCUT2D eigenvalue weighted by Crippen LogP contribution is -2.52. The summed E-state index contributed by atoms with van der Waals surface area (Å²) in [7, 11) is 0. The molecule has 2 saturated heterocycles. The van der Waals surface area contributed by atoms with Gasteiger partial charge in [-0.05, 0) is 44.5 Å². The first-order valence-electron chi connectivity index (χ1n) is 8.16. The van der Waals surface area contributed by atoms with Crippen LogP contribution in [0.25, 0.3) is 0 Å². The fraction of sp³-hybridized carbons (Fsp3) is 0.588. The van der Waals surface area contributed by atoms with Crippen molar-refractivity contribution in [1.29, 1.82) is 0 Å². The molecule has 1 aromatic carbocycles. The summed E-state index contributed by atoms with van der Waals surface area (Å²) in [4.78, 5) is 17.0. The minimum Gasteiger partial charge on any atom is -0.368 e. The van der Waals surface area contributed by atoms with Crippen molar-refractivity contribution in [2.24, 2.45) is 5.92 Å². The van der Waals surface area contributed by atoms with Crippen LogP contribution in [-0.2, 0) is 4.79 Å². The quantitative estimate of drug-likeness (QED) is 0.883. The van der Waals surface area contributed by atoms with Crippen molar-refractivity contribution >= 4 is 35.6 Å². The standard InChI is InChI=1S/C17H24ClN3O.ClH/c1-13-11-14(5-6-19-13)17(22)21-9-7-20(8-10-21)16-4-2-3-15(18)12-16;/h2-4,12-14,19H,5-11H2,1H3;1H/t13-,14-;/m0./s1. The predicted molar refractivity (Wildman–Crippen MR) is 97.7 cm³/mol. The summed E-state index contributed by atoms with van der Waals surface area (Å²) in [5.74, 6) is 0.549. The third-order valence-corrected chi connectivity index (χ3v) is 4.97. The molecule has 0 aromatic heterocycles. The minimum atomic E-state index is 0. The molecule has 2 aliphatic heterocycles. The molecule has 1 N–H and O–H groups in total. The number of piperidine rings is 1. The van der Waals surface area contributed by atoms with E-state index in [1.165, 1.54) is 0 Å². The van der Waals surface area contributed by atoms with Gasteiger partial charge in [0.25, 0.3) is 0 Å². The molecule has 2 heterocycles. The first kappa shape index (κ1) is 18.4. The second-order valence-electron chi connectivity index (χ2n) is 6.37. The van der Waals surface area contributed by atoms with Crippen molar-refractivity contribution < 1.29 is 4.79 Å². The van der Waals surface area contributed by atoms with Crippen molar-refractivity contribution in [3.05, 3.63) is 29.3 Å². The Bertz CT molecular complexity index is 532. The molecule has 0 spiro atoms. The van der Waals surface area contributed by atoms with Gasteiger partial charge in [0.15, 0.2) is 0 Å². The number of hydrogen-bond donors (Lipinski definition) is 1. The SMILES string of the molecule is C[C@H]1C[C@@H](C(=O)N2CCN(c3cccc(Cl)c3)CC2)CCN1.Cl. The van der Waals surface area contributed by atoms with Gasteiger partial charge in [0.05, 0.1) is 0 Å². The average molecular weight is 358 g/mol. The van der Waals surface area contributed by atoms with Crippen molar-refractivity contribution in [2.45, 2.75) is 25.8 Å². The highest BCUT2D eigenvalue weighted by Gasteiger charge is 2.30. The molecule has 1 aromatic rings. The molecule has 3 rings (SSSR count). The molecule has 23 heavy (non-hydrogen) atoms. The lowest BCUT2D eigenvalue weighted by molar-refractivity contribution is -0.137. The summed E-state index contributed by atoms with van der Waals surface area (Å²) in [6, 6.07) is 8.40. The van der Waals surface area contributed by atoms with Crippen molar-refractivity contribution in [3.8, 4) is 0 Å². The second-order valence-corrected chi connectivity index (χ2v) is 6.81. The highest BCUT2D eigenvalue weighted by atomic mass is 35.5. The van der Waals surface area contributed by atoms with Crippen molar-refractivity contribution in [2.75, 3.05) is 37.6 Å². The molecule has 2 fully saturated rings. The van der Waals surface area contributed by atoms with Crippen LogP contribution in [0.2, 0.25) is 5.02 Å². The van der Waals surface area contributed by atoms with Crippen LogP contribution in [0.15, 0.2) is 24.3 Å². The molecule has 0 saturated carbocycles. The summed E-state index contributed by atoms with van der Waals surface area (Å²) in [6.07, 6.45) is 1.94. The number of amides is 1. The van der Waals surface area contributed by atoms with Gasteiger partial charge in [-0.1, -0.05) is 17.7 Å². The van der Waals surface area contributed by atoms with Crippen LogP contribution in [0, 0.1) is 5.92 Å². The van der Waals surface area contributed by atoms with E-state index in [9.17, 15) is 4.79 Å². The predicted octanol–water partition coefficient (Wildman–Crippen LogP) is 2.80. The number of benzene rings is 1. The third-order valence-electron chi connectivity index (χ3n) is 4.74. The van der Waals surface area contributed by atoms with E-state index in [4.69, 9.17) is 11.6 Å². The van der Waals surface area contributed by atoms with Gasteiger partial charge < -0.3 is 15.1 Å². The maximum Gasteiger partial charge on any atom is 0.225 e. The number of nitrogens with zero attached hydrogens (tertiary/aromatic N) is 2. The Balaban J connectivity index is 0.00000192. The maximum atomic E-state index is 12.7. The summed E-state index contributed by atoms with van der Waals surface area (Å²) >= 11 is 6.06. The fourth-order valence-electron chi connectivity index (χ4n) is 3.47. The van der Waals surface area contributed by atoms with Gasteiger partial charge in [-0.3, -0.25) is 4.79 Å². The Hall–Kier alpha value is -0.970. The number of hydrogen-bond acceptors (Lipinski definition) is 3. The fourth-order valence-corrected chi connectivity index (χ4v) is 3.66. The van der Waals surface area contributed by atoms with Gasteiger partial charge in [0, 0.05) is 48.8 Å². The molecule has 2 aliphatic rings. The first-order chi connectivity index (χ1) is 10.6. The van der Waals surface area contributed by atoms with Gasteiger partial charge in [0.2, 0.25) is 5.91 Å². The molecule has 128 valence electrons. The molecule has 1 amide bonds. The van der Waals surface area contributed by atoms with Crippen LogP contribution in [0.3, 0.4) is 0 Å². The lowest BCUT2D eigenvalue weighted by Gasteiger charge is -2.39. The first-order valence-corrected chi connectivity index (χ1v) is 8.54. The van der Waals surface area contributed by atoms with Crippen molar-refractivity contribution in [3.63, 3.8) is 0 Å². The average Bonchev–Trinajstić information content (AvgIpc) is 2.54. The van der Waals surface area contributed by atoms with Gasteiger partial charge >= 0.3 is 0 Å². The van der Waals surface area contributed by atoms with E-state index >= 15 is 0 Å². The Kier molecular flexibility index (Phi) is 6.57. The summed E-state index contributed by atoms with van der Waals surface area (Å²) in [5.41, 5.74) is 1.15. The number of nitrogens with one attached hydrogen (secondary N) is 1. The van der Waals surface area contributed by atoms with E-state index in [-0.39, 0.29) is 18.3 Å². The van der Waals surface area contributed by atoms with Crippen LogP contribution in [-0.4, -0.2) is 49.6 Å². The number of anilines is 1. The van der Waals surface area contributed by atoms with E-state index in [1.54, 1.807) is 0 Å². The summed E-state index contributed by atoms with van der Waals surface area (Å²) in [5, 5.41) is 4.18. The molecule has 0 aliphatic carbocycles. The molecular weight excluding hydrogens is 333 g/mol. The molecule has 2 atom stereocenters. The topological polar surface area (TPSA) is 35.6 Å². The minimum absolute atomic E-state index is 0. The van der Waals surface area contributed by atoms with Crippen LogP contribution >= 0.6 is 24.0 Å². The zero-order chi connectivity index (χ0) is 15.5. The summed E-state index contributed by atoms with van der Waals surface area (Å²) in [6.45, 7) is 6.50. The Morgan fingerprint density at radius 2 is 2.00 bits per heavy atom. The maximum absolute atomic E-state index is 12.7. The van der Waals surface area contributed by atoms with E-state index < -0.39 is 0 Å². The van der Waals surface area contributed by atoms with Crippen LogP contribution in [0.4, 0.5) is 5.69 Å². The van der Waals surface area contributed by atoms with Crippen LogP contribution < -0.4 is 10.2 Å². The lowest BCUT2D eigenvalue weighted by atomic mass is 9.92. The Morgan fingerprint density at radius 1 is 1.26 bits per heavy atom. The van der Waals surface area contributed by atoms with Gasteiger partial charge in [0.1, 0.15) is 0 Å². The Morgan fingerprint density at radius 3 is 2.65 bits per heavy atom. The Labute approximate surface area is 149 Å². The molecule has 0 bridgehead atoms. The van der Waals surface area contributed by atoms with Gasteiger partial charge in [-0.15, -0.1) is 12.4 Å². The van der Waals surface area contributed by atoms with Crippen LogP contribution in [0.1, 0.15) is 19.8 Å². The zero-order valence-electron chi connectivity index (χ0n) is 13.5. The van der Waals surface area contributed by atoms with Gasteiger partial charge in [-0.2, -0.15) is 0 Å². The second kappa shape index (κ2) is 8.22. The number of carbonyl (C=O) groups excluding carboxylic acids is 1. The van der Waals surface area contributed by atoms with Gasteiger partial charge in [-0.25, -0.2) is 0 Å². The highest BCUT2D eigenvalue weighted by Crippen LogP contribution is 2.23. The zero-order valence-corrected chi connectivity index (χ0v) is 15.1. The summed E-state index contributed by atoms with van der Waals surface area (Å²) < 4.78 is 0. The number of piperazine rings is 1. The number of rotatable bonds is 2. The smallest absolute Gasteiger partial charge is 0.225 e. The molecule has 4 nitrogen and oxygen atoms in total. The monoisotopic (exact) mass is 357 g/mol. The largest absolute Gasteiger partial charge is 0.368 e. The van der Waals surface area contributed by atoms with Crippen LogP contribution in [0.5, 0.6) is 0 Å². The molecule has 0 unspecified atom stereocenters.